The molecule has 0 saturated heterocycles. The lowest BCUT2D eigenvalue weighted by Crippen LogP contribution is -2.51. The molecule has 0 bridgehead atoms. The van der Waals surface area contributed by atoms with Crippen molar-refractivity contribution in [3.8, 4) is 11.5 Å². The molecule has 0 amide bonds. The third-order valence-corrected chi connectivity index (χ3v) is 6.04. The van der Waals surface area contributed by atoms with Gasteiger partial charge >= 0.3 is 24.2 Å². The number of nitrogens with two attached hydrogens (primary N) is 1. The van der Waals surface area contributed by atoms with Gasteiger partial charge in [0.2, 0.25) is 0 Å². The van der Waals surface area contributed by atoms with Gasteiger partial charge in [-0.25, -0.2) is 14.4 Å². The molecule has 40 heavy (non-hydrogen) atoms. The molecule has 11 nitrogen and oxygen atoms in total. The summed E-state index contributed by atoms with van der Waals surface area (Å²) in [5, 5.41) is 0. The number of esters is 2. The van der Waals surface area contributed by atoms with Crippen molar-refractivity contribution in [1.82, 2.24) is 0 Å². The van der Waals surface area contributed by atoms with Crippen molar-refractivity contribution in [3.63, 3.8) is 0 Å². The molecule has 0 aromatic heterocycles. The van der Waals surface area contributed by atoms with E-state index in [2.05, 4.69) is 0 Å². The maximum atomic E-state index is 12.7. The average Bonchev–Trinajstić information content (AvgIpc) is 2.93. The Kier molecular flexibility index (Phi) is 12.4. The normalized spacial score (nSPS) is 13.7. The number of benzene rings is 2. The molecule has 0 aliphatic carbocycles. The van der Waals surface area contributed by atoms with Crippen LogP contribution in [0.3, 0.4) is 0 Å². The van der Waals surface area contributed by atoms with Crippen LogP contribution in [0.15, 0.2) is 48.5 Å². The smallest absolute Gasteiger partial charge is 0.468 e. The van der Waals surface area contributed by atoms with Crippen molar-refractivity contribution in [1.29, 1.82) is 0 Å². The molecule has 3 atom stereocenters. The molecule has 2 aromatic rings. The Morgan fingerprint density at radius 3 is 1.98 bits per heavy atom. The number of ether oxygens (including phenoxy) is 6. The SMILES string of the molecule is CCC(C)OC(=O)Oc1ccc(C[C@](N)(CCOC(=O)c2ccccc2)C(=O)OC)cc1OC(=O)OC(C)CC. The van der Waals surface area contributed by atoms with E-state index in [1.165, 1.54) is 19.2 Å². The predicted octanol–water partition coefficient (Wildman–Crippen LogP) is 4.97. The molecule has 0 spiro atoms. The van der Waals surface area contributed by atoms with Crippen molar-refractivity contribution in [2.75, 3.05) is 13.7 Å². The standard InChI is InChI=1S/C29H37NO10/c1-6-19(3)37-27(33)39-23-14-13-21(17-24(23)40-28(34)38-20(4)7-2)18-29(30,26(32)35-5)15-16-36-25(31)22-11-9-8-10-12-22/h8-14,17,19-20H,6-7,15-16,18,30H2,1-5H3/t19?,20?,29-/m1/s1. The minimum atomic E-state index is -1.60. The quantitative estimate of drug-likeness (QED) is 0.201. The molecule has 0 fully saturated rings. The summed E-state index contributed by atoms with van der Waals surface area (Å²) in [6, 6.07) is 12.7. The van der Waals surface area contributed by atoms with Gasteiger partial charge in [-0.15, -0.1) is 0 Å². The average molecular weight is 560 g/mol. The van der Waals surface area contributed by atoms with Crippen LogP contribution in [0, 0.1) is 0 Å². The van der Waals surface area contributed by atoms with E-state index in [1.54, 1.807) is 50.2 Å². The van der Waals surface area contributed by atoms with Crippen LogP contribution in [0.2, 0.25) is 0 Å². The van der Waals surface area contributed by atoms with Gasteiger partial charge in [-0.3, -0.25) is 4.79 Å². The highest BCUT2D eigenvalue weighted by Crippen LogP contribution is 2.31. The van der Waals surface area contributed by atoms with Crippen LogP contribution >= 0.6 is 0 Å². The van der Waals surface area contributed by atoms with Crippen molar-refractivity contribution in [3.05, 3.63) is 59.7 Å². The molecule has 2 N–H and O–H groups in total. The molecule has 0 aliphatic rings. The molecular formula is C29H37NO10. The van der Waals surface area contributed by atoms with Gasteiger partial charge < -0.3 is 34.2 Å². The zero-order valence-electron chi connectivity index (χ0n) is 23.5. The van der Waals surface area contributed by atoms with Gasteiger partial charge in [0, 0.05) is 12.8 Å². The molecule has 0 radical (unpaired) electrons. The summed E-state index contributed by atoms with van der Waals surface area (Å²) in [7, 11) is 1.19. The summed E-state index contributed by atoms with van der Waals surface area (Å²) in [6.07, 6.45) is -1.81. The van der Waals surface area contributed by atoms with Crippen LogP contribution in [0.25, 0.3) is 0 Å². The first-order valence-electron chi connectivity index (χ1n) is 13.0. The minimum Gasteiger partial charge on any atom is -0.468 e. The third-order valence-electron chi connectivity index (χ3n) is 6.04. The van der Waals surface area contributed by atoms with Crippen LogP contribution in [0.4, 0.5) is 9.59 Å². The topological polar surface area (TPSA) is 150 Å². The Bertz CT molecular complexity index is 1150. The zero-order chi connectivity index (χ0) is 29.7. The fraction of sp³-hybridized carbons (Fsp3) is 0.448. The van der Waals surface area contributed by atoms with E-state index >= 15 is 0 Å². The van der Waals surface area contributed by atoms with Crippen LogP contribution in [-0.2, 0) is 30.2 Å². The van der Waals surface area contributed by atoms with E-state index < -0.39 is 35.9 Å². The molecule has 2 unspecified atom stereocenters. The summed E-state index contributed by atoms with van der Waals surface area (Å²) in [5.74, 6) is -1.54. The lowest BCUT2D eigenvalue weighted by molar-refractivity contribution is -0.147. The van der Waals surface area contributed by atoms with Gasteiger partial charge in [-0.1, -0.05) is 38.1 Å². The lowest BCUT2D eigenvalue weighted by atomic mass is 9.88. The molecule has 0 heterocycles. The molecule has 2 aromatic carbocycles. The summed E-state index contributed by atoms with van der Waals surface area (Å²) in [6.45, 7) is 6.92. The van der Waals surface area contributed by atoms with Gasteiger partial charge in [0.25, 0.3) is 0 Å². The van der Waals surface area contributed by atoms with Gasteiger partial charge in [0.1, 0.15) is 17.7 Å². The van der Waals surface area contributed by atoms with E-state index in [0.29, 0.717) is 24.0 Å². The largest absolute Gasteiger partial charge is 0.514 e. The van der Waals surface area contributed by atoms with Crippen LogP contribution in [-0.4, -0.2) is 55.7 Å². The fourth-order valence-corrected chi connectivity index (χ4v) is 3.36. The van der Waals surface area contributed by atoms with E-state index in [-0.39, 0.29) is 37.1 Å². The summed E-state index contributed by atoms with van der Waals surface area (Å²) in [5.41, 5.74) is 5.63. The van der Waals surface area contributed by atoms with Crippen molar-refractivity contribution in [2.45, 2.75) is 71.1 Å². The second-order valence-electron chi connectivity index (χ2n) is 9.24. The van der Waals surface area contributed by atoms with Gasteiger partial charge in [0.05, 0.1) is 19.3 Å². The van der Waals surface area contributed by atoms with Crippen LogP contribution in [0.5, 0.6) is 11.5 Å². The number of rotatable bonds is 13. The monoisotopic (exact) mass is 559 g/mol. The molecule has 218 valence electrons. The predicted molar refractivity (Wildman–Crippen MR) is 144 cm³/mol. The second-order valence-corrected chi connectivity index (χ2v) is 9.24. The highest BCUT2D eigenvalue weighted by atomic mass is 16.7. The Morgan fingerprint density at radius 2 is 1.43 bits per heavy atom. The maximum Gasteiger partial charge on any atom is 0.514 e. The highest BCUT2D eigenvalue weighted by molar-refractivity contribution is 5.89. The number of methoxy groups -OCH3 is 1. The van der Waals surface area contributed by atoms with Crippen LogP contribution in [0.1, 0.15) is 62.9 Å². The first-order chi connectivity index (χ1) is 19.0. The first-order valence-corrected chi connectivity index (χ1v) is 13.0. The highest BCUT2D eigenvalue weighted by Gasteiger charge is 2.36. The minimum absolute atomic E-state index is 0.0655. The van der Waals surface area contributed by atoms with Crippen molar-refractivity contribution in [2.24, 2.45) is 5.73 Å². The van der Waals surface area contributed by atoms with Crippen molar-refractivity contribution >= 4 is 24.2 Å². The van der Waals surface area contributed by atoms with E-state index in [9.17, 15) is 19.2 Å². The first kappa shape index (κ1) is 32.1. The number of hydrogen-bond donors (Lipinski definition) is 1. The molecule has 0 aliphatic heterocycles. The second kappa shape index (κ2) is 15.5. The van der Waals surface area contributed by atoms with Crippen LogP contribution < -0.4 is 15.2 Å². The molecule has 0 saturated carbocycles. The molecular weight excluding hydrogens is 522 g/mol. The van der Waals surface area contributed by atoms with E-state index in [4.69, 9.17) is 34.2 Å². The summed E-state index contributed by atoms with van der Waals surface area (Å²) < 4.78 is 31.1. The Morgan fingerprint density at radius 1 is 0.850 bits per heavy atom. The van der Waals surface area contributed by atoms with Gasteiger partial charge in [-0.05, 0) is 56.5 Å². The van der Waals surface area contributed by atoms with E-state index in [1.807, 2.05) is 13.8 Å². The number of carbonyl (C=O) groups is 4. The Hall–Kier alpha value is -4.12. The van der Waals surface area contributed by atoms with Crippen molar-refractivity contribution < 1.29 is 47.6 Å². The Labute approximate surface area is 233 Å². The maximum absolute atomic E-state index is 12.7. The Balaban J connectivity index is 2.25. The van der Waals surface area contributed by atoms with Gasteiger partial charge in [-0.2, -0.15) is 0 Å². The molecule has 2 rings (SSSR count). The summed E-state index contributed by atoms with van der Waals surface area (Å²) >= 11 is 0. The van der Waals surface area contributed by atoms with E-state index in [0.717, 1.165) is 0 Å². The third kappa shape index (κ3) is 9.88. The lowest BCUT2D eigenvalue weighted by Gasteiger charge is -2.26. The number of hydrogen-bond acceptors (Lipinski definition) is 11. The summed E-state index contributed by atoms with van der Waals surface area (Å²) in [4.78, 5) is 49.5. The zero-order valence-corrected chi connectivity index (χ0v) is 23.5. The number of carbonyl (C=O) groups excluding carboxylic acids is 4. The van der Waals surface area contributed by atoms with Gasteiger partial charge in [0.15, 0.2) is 11.5 Å². The molecule has 11 heteroatoms. The fourth-order valence-electron chi connectivity index (χ4n) is 3.36.